The average molecular weight is 393 g/mol. The zero-order valence-electron chi connectivity index (χ0n) is 15.9. The highest BCUT2D eigenvalue weighted by Crippen LogP contribution is 2.43. The lowest BCUT2D eigenvalue weighted by atomic mass is 9.78. The summed E-state index contributed by atoms with van der Waals surface area (Å²) in [5.41, 5.74) is 9.19. The van der Waals surface area contributed by atoms with Crippen molar-refractivity contribution in [1.82, 2.24) is 0 Å². The van der Waals surface area contributed by atoms with Gasteiger partial charge in [-0.1, -0.05) is 30.3 Å². The van der Waals surface area contributed by atoms with Gasteiger partial charge in [0.1, 0.15) is 0 Å². The highest BCUT2D eigenvalue weighted by Gasteiger charge is 2.34. The average Bonchev–Trinajstić information content (AvgIpc) is 3.00. The first-order valence-corrected chi connectivity index (χ1v) is 9.54. The van der Waals surface area contributed by atoms with Crippen LogP contribution in [0.3, 0.4) is 0 Å². The summed E-state index contributed by atoms with van der Waals surface area (Å²) in [5, 5.41) is 26.8. The summed E-state index contributed by atoms with van der Waals surface area (Å²) in [5.74, 6) is -1.03. The molecule has 7 nitrogen and oxygen atoms in total. The number of hydrogen-bond acceptors (Lipinski definition) is 5. The molecule has 7 heteroatoms. The molecule has 0 aromatic heterocycles. The maximum atomic E-state index is 12.5. The second-order valence-corrected chi connectivity index (χ2v) is 7.56. The molecule has 0 bridgehead atoms. The fourth-order valence-electron chi connectivity index (χ4n) is 3.89. The first-order valence-electron chi connectivity index (χ1n) is 9.54. The number of carbonyl (C=O) groups excluding carboxylic acids is 2. The lowest BCUT2D eigenvalue weighted by Crippen LogP contribution is -2.32. The Morgan fingerprint density at radius 3 is 2.69 bits per heavy atom. The Kier molecular flexibility index (Phi) is 4.96. The van der Waals surface area contributed by atoms with Gasteiger partial charge in [0.2, 0.25) is 5.91 Å². The minimum atomic E-state index is -0.820. The number of hydrogen-bond donors (Lipinski definition) is 5. The molecule has 4 rings (SSSR count). The Bertz CT molecular complexity index is 1010. The Hall–Kier alpha value is -3.00. The van der Waals surface area contributed by atoms with Gasteiger partial charge in [-0.15, -0.1) is 0 Å². The fraction of sp³-hybridized carbons (Fsp3) is 0.273. The van der Waals surface area contributed by atoms with Crippen LogP contribution in [0.5, 0.6) is 0 Å². The molecule has 1 heterocycles. The molecule has 0 spiro atoms. The van der Waals surface area contributed by atoms with Crippen molar-refractivity contribution in [3.8, 4) is 0 Å². The predicted molar refractivity (Wildman–Crippen MR) is 110 cm³/mol. The van der Waals surface area contributed by atoms with Crippen molar-refractivity contribution in [2.75, 3.05) is 10.6 Å². The number of nitrogens with two attached hydrogens (primary N) is 1. The van der Waals surface area contributed by atoms with Gasteiger partial charge in [-0.05, 0) is 42.7 Å². The van der Waals surface area contributed by atoms with Gasteiger partial charge in [-0.25, -0.2) is 0 Å². The van der Waals surface area contributed by atoms with E-state index in [0.29, 0.717) is 40.1 Å². The lowest BCUT2D eigenvalue weighted by Gasteiger charge is -2.31. The van der Waals surface area contributed by atoms with Crippen LogP contribution in [0, 0.1) is 5.92 Å². The van der Waals surface area contributed by atoms with E-state index >= 15 is 0 Å². The molecule has 6 N–H and O–H groups in total. The molecule has 1 aliphatic heterocycles. The lowest BCUT2D eigenvalue weighted by molar-refractivity contribution is -0.117. The van der Waals surface area contributed by atoms with Crippen molar-refractivity contribution in [3.63, 3.8) is 0 Å². The van der Waals surface area contributed by atoms with Gasteiger partial charge < -0.3 is 26.6 Å². The van der Waals surface area contributed by atoms with E-state index in [1.165, 1.54) is 0 Å². The summed E-state index contributed by atoms with van der Waals surface area (Å²) in [6, 6.07) is 11.7. The molecule has 3 unspecified atom stereocenters. The minimum Gasteiger partial charge on any atom is -0.388 e. The van der Waals surface area contributed by atoms with Crippen LogP contribution in [0.15, 0.2) is 48.5 Å². The normalized spacial score (nSPS) is 25.2. The Labute approximate surface area is 168 Å². The van der Waals surface area contributed by atoms with Crippen LogP contribution in [0.25, 0.3) is 5.57 Å². The topological polar surface area (TPSA) is 125 Å². The molecule has 2 aromatic carbocycles. The Morgan fingerprint density at radius 2 is 1.97 bits per heavy atom. The van der Waals surface area contributed by atoms with Gasteiger partial charge in [0.25, 0.3) is 5.91 Å². The van der Waals surface area contributed by atoms with Crippen molar-refractivity contribution >= 4 is 28.8 Å². The first-order chi connectivity index (χ1) is 13.8. The zero-order chi connectivity index (χ0) is 20.7. The van der Waals surface area contributed by atoms with Crippen LogP contribution in [0.4, 0.5) is 11.4 Å². The number of rotatable bonds is 3. The summed E-state index contributed by atoms with van der Waals surface area (Å²) in [6.45, 7) is 1.59. The Balaban J connectivity index is 1.67. The van der Waals surface area contributed by atoms with Crippen molar-refractivity contribution < 1.29 is 19.8 Å². The van der Waals surface area contributed by atoms with E-state index in [1.807, 2.05) is 12.1 Å². The van der Waals surface area contributed by atoms with Crippen LogP contribution in [-0.4, -0.2) is 28.1 Å². The van der Waals surface area contributed by atoms with Crippen LogP contribution >= 0.6 is 0 Å². The SMILES string of the molecule is C[C@H](N)C(=O)Nc1ccc2c(c1)C(=CC1CC(O)c3ccccc3C1O)C(=O)N2. The molecular formula is C22H23N3O4. The molecule has 0 radical (unpaired) electrons. The third-order valence-corrected chi connectivity index (χ3v) is 5.44. The number of carbonyl (C=O) groups is 2. The number of aliphatic hydroxyl groups is 2. The summed E-state index contributed by atoms with van der Waals surface area (Å²) in [4.78, 5) is 24.4. The van der Waals surface area contributed by atoms with Crippen LogP contribution in [-0.2, 0) is 9.59 Å². The van der Waals surface area contributed by atoms with Gasteiger partial charge in [0.15, 0.2) is 0 Å². The minimum absolute atomic E-state index is 0.281. The fourth-order valence-corrected chi connectivity index (χ4v) is 3.89. The second kappa shape index (κ2) is 7.44. The van der Waals surface area contributed by atoms with Crippen molar-refractivity contribution in [2.24, 2.45) is 11.7 Å². The molecular weight excluding hydrogens is 370 g/mol. The first kappa shape index (κ1) is 19.3. The van der Waals surface area contributed by atoms with E-state index in [2.05, 4.69) is 10.6 Å². The van der Waals surface area contributed by atoms with Gasteiger partial charge in [-0.3, -0.25) is 9.59 Å². The van der Waals surface area contributed by atoms with Gasteiger partial charge in [0.05, 0.1) is 18.2 Å². The Morgan fingerprint density at radius 1 is 1.24 bits per heavy atom. The number of amides is 2. The quantitative estimate of drug-likeness (QED) is 0.511. The number of anilines is 2. The maximum absolute atomic E-state index is 12.5. The van der Waals surface area contributed by atoms with Gasteiger partial charge >= 0.3 is 0 Å². The number of benzene rings is 2. The highest BCUT2D eigenvalue weighted by atomic mass is 16.3. The molecule has 29 heavy (non-hydrogen) atoms. The van der Waals surface area contributed by atoms with Crippen LogP contribution < -0.4 is 16.4 Å². The van der Waals surface area contributed by atoms with Gasteiger partial charge in [0, 0.05) is 28.4 Å². The standard InChI is InChI=1S/C22H23N3O4/c1-11(23)21(28)24-13-6-7-18-16(10-13)17(22(29)25-18)8-12-9-19(26)14-4-2-3-5-15(14)20(12)27/h2-8,10-12,19-20,26-27H,9,23H2,1H3,(H,24,28)(H,25,29)/t11-,12?,19?,20?/m0/s1. The summed E-state index contributed by atoms with van der Waals surface area (Å²) < 4.78 is 0. The number of nitrogens with one attached hydrogen (secondary N) is 2. The molecule has 2 aliphatic rings. The van der Waals surface area contributed by atoms with Crippen LogP contribution in [0.2, 0.25) is 0 Å². The predicted octanol–water partition coefficient (Wildman–Crippen LogP) is 2.09. The highest BCUT2D eigenvalue weighted by molar-refractivity contribution is 6.31. The molecule has 2 aromatic rings. The summed E-state index contributed by atoms with van der Waals surface area (Å²) in [7, 11) is 0. The molecule has 1 aliphatic carbocycles. The number of aliphatic hydroxyl groups excluding tert-OH is 2. The number of fused-ring (bicyclic) bond motifs is 2. The molecule has 0 fully saturated rings. The van der Waals surface area contributed by atoms with E-state index in [1.54, 1.807) is 43.3 Å². The third kappa shape index (κ3) is 3.55. The largest absolute Gasteiger partial charge is 0.388 e. The van der Waals surface area contributed by atoms with E-state index in [-0.39, 0.29) is 11.8 Å². The van der Waals surface area contributed by atoms with Crippen molar-refractivity contribution in [2.45, 2.75) is 31.6 Å². The second-order valence-electron chi connectivity index (χ2n) is 7.56. The van der Waals surface area contributed by atoms with E-state index in [0.717, 1.165) is 0 Å². The maximum Gasteiger partial charge on any atom is 0.256 e. The molecule has 0 saturated carbocycles. The zero-order valence-corrected chi connectivity index (χ0v) is 15.9. The van der Waals surface area contributed by atoms with E-state index < -0.39 is 24.2 Å². The van der Waals surface area contributed by atoms with E-state index in [4.69, 9.17) is 5.73 Å². The monoisotopic (exact) mass is 393 g/mol. The molecule has 2 amide bonds. The van der Waals surface area contributed by atoms with Gasteiger partial charge in [-0.2, -0.15) is 0 Å². The van der Waals surface area contributed by atoms with Crippen molar-refractivity contribution in [1.29, 1.82) is 0 Å². The summed E-state index contributed by atoms with van der Waals surface area (Å²) >= 11 is 0. The van der Waals surface area contributed by atoms with Crippen molar-refractivity contribution in [3.05, 3.63) is 65.2 Å². The smallest absolute Gasteiger partial charge is 0.256 e. The molecule has 4 atom stereocenters. The van der Waals surface area contributed by atoms with Crippen LogP contribution in [0.1, 0.15) is 42.2 Å². The molecule has 0 saturated heterocycles. The van der Waals surface area contributed by atoms with E-state index in [9.17, 15) is 19.8 Å². The third-order valence-electron chi connectivity index (χ3n) is 5.44. The summed E-state index contributed by atoms with van der Waals surface area (Å²) in [6.07, 6.45) is 0.491. The molecule has 150 valence electrons.